The van der Waals surface area contributed by atoms with Crippen molar-refractivity contribution in [2.45, 2.75) is 12.8 Å². The molecule has 0 saturated carbocycles. The summed E-state index contributed by atoms with van der Waals surface area (Å²) in [6, 6.07) is 20.7. The number of rotatable bonds is 3. The Morgan fingerprint density at radius 2 is 1.36 bits per heavy atom. The molecule has 0 spiro atoms. The Morgan fingerprint density at radius 3 is 2.14 bits per heavy atom. The van der Waals surface area contributed by atoms with Gasteiger partial charge in [0.05, 0.1) is 0 Å². The SMILES string of the molecule is Cl.Cl.Nc1ccc(CCc2cccc3ccccc23)c(N)c1. The fraction of sp³-hybridized carbons (Fsp3) is 0.111. The van der Waals surface area contributed by atoms with E-state index in [9.17, 15) is 0 Å². The molecule has 2 nitrogen and oxygen atoms in total. The molecular weight excluding hydrogens is 315 g/mol. The summed E-state index contributed by atoms with van der Waals surface area (Å²) in [4.78, 5) is 0. The van der Waals surface area contributed by atoms with Crippen molar-refractivity contribution in [3.8, 4) is 0 Å². The maximum atomic E-state index is 6.02. The molecule has 0 fully saturated rings. The molecule has 0 aromatic heterocycles. The smallest absolute Gasteiger partial charge is 0.0367 e. The van der Waals surface area contributed by atoms with Crippen LogP contribution in [0.1, 0.15) is 11.1 Å². The number of nitrogen functional groups attached to an aromatic ring is 2. The van der Waals surface area contributed by atoms with E-state index in [4.69, 9.17) is 11.5 Å². The van der Waals surface area contributed by atoms with Crippen LogP contribution in [0.3, 0.4) is 0 Å². The van der Waals surface area contributed by atoms with Crippen LogP contribution in [0.15, 0.2) is 60.7 Å². The molecule has 22 heavy (non-hydrogen) atoms. The first-order valence-electron chi connectivity index (χ1n) is 6.84. The molecule has 3 rings (SSSR count). The van der Waals surface area contributed by atoms with Gasteiger partial charge in [-0.1, -0.05) is 48.5 Å². The van der Waals surface area contributed by atoms with Gasteiger partial charge in [-0.05, 0) is 46.9 Å². The Labute approximate surface area is 143 Å². The van der Waals surface area contributed by atoms with E-state index < -0.39 is 0 Å². The fourth-order valence-electron chi connectivity index (χ4n) is 2.62. The molecule has 0 aliphatic carbocycles. The normalized spacial score (nSPS) is 9.82. The third kappa shape index (κ3) is 3.85. The van der Waals surface area contributed by atoms with E-state index in [1.165, 1.54) is 16.3 Å². The third-order valence-electron chi connectivity index (χ3n) is 3.71. The zero-order valence-electron chi connectivity index (χ0n) is 12.2. The van der Waals surface area contributed by atoms with Gasteiger partial charge in [-0.3, -0.25) is 0 Å². The van der Waals surface area contributed by atoms with E-state index in [1.807, 2.05) is 18.2 Å². The fourth-order valence-corrected chi connectivity index (χ4v) is 2.62. The van der Waals surface area contributed by atoms with Crippen LogP contribution in [0.2, 0.25) is 0 Å². The summed E-state index contributed by atoms with van der Waals surface area (Å²) in [7, 11) is 0. The molecule has 0 amide bonds. The van der Waals surface area contributed by atoms with Crippen LogP contribution in [-0.4, -0.2) is 0 Å². The van der Waals surface area contributed by atoms with Gasteiger partial charge >= 0.3 is 0 Å². The van der Waals surface area contributed by atoms with Crippen molar-refractivity contribution in [2.24, 2.45) is 0 Å². The summed E-state index contributed by atoms with van der Waals surface area (Å²) in [5.41, 5.74) is 15.8. The van der Waals surface area contributed by atoms with Gasteiger partial charge in [0.1, 0.15) is 0 Å². The van der Waals surface area contributed by atoms with Crippen LogP contribution >= 0.6 is 24.8 Å². The second-order valence-electron chi connectivity index (χ2n) is 5.10. The highest BCUT2D eigenvalue weighted by molar-refractivity contribution is 5.86. The Hall–Kier alpha value is -1.90. The summed E-state index contributed by atoms with van der Waals surface area (Å²) in [5.74, 6) is 0. The van der Waals surface area contributed by atoms with E-state index in [2.05, 4.69) is 42.5 Å². The number of halogens is 2. The first-order valence-corrected chi connectivity index (χ1v) is 6.84. The molecule has 0 heterocycles. The van der Waals surface area contributed by atoms with E-state index in [0.717, 1.165) is 29.8 Å². The summed E-state index contributed by atoms with van der Waals surface area (Å²) in [6.07, 6.45) is 1.91. The lowest BCUT2D eigenvalue weighted by Crippen LogP contribution is -1.99. The minimum atomic E-state index is 0. The first-order chi connectivity index (χ1) is 9.74. The number of hydrogen-bond acceptors (Lipinski definition) is 2. The number of aryl methyl sites for hydroxylation is 2. The van der Waals surface area contributed by atoms with E-state index in [0.29, 0.717) is 0 Å². The zero-order chi connectivity index (χ0) is 13.9. The number of fused-ring (bicyclic) bond motifs is 1. The highest BCUT2D eigenvalue weighted by atomic mass is 35.5. The van der Waals surface area contributed by atoms with Gasteiger partial charge in [0.25, 0.3) is 0 Å². The first kappa shape index (κ1) is 18.1. The zero-order valence-corrected chi connectivity index (χ0v) is 13.8. The van der Waals surface area contributed by atoms with E-state index in [-0.39, 0.29) is 24.8 Å². The summed E-state index contributed by atoms with van der Waals surface area (Å²) in [6.45, 7) is 0. The minimum Gasteiger partial charge on any atom is -0.399 e. The van der Waals surface area contributed by atoms with Crippen molar-refractivity contribution < 1.29 is 0 Å². The van der Waals surface area contributed by atoms with Crippen LogP contribution in [-0.2, 0) is 12.8 Å². The van der Waals surface area contributed by atoms with Crippen LogP contribution in [0.25, 0.3) is 10.8 Å². The molecule has 3 aromatic rings. The predicted octanol–water partition coefficient (Wildman–Crippen LogP) is 4.63. The van der Waals surface area contributed by atoms with Gasteiger partial charge in [-0.15, -0.1) is 24.8 Å². The highest BCUT2D eigenvalue weighted by Gasteiger charge is 2.03. The lowest BCUT2D eigenvalue weighted by atomic mass is 9.98. The van der Waals surface area contributed by atoms with Crippen molar-refractivity contribution >= 4 is 47.0 Å². The van der Waals surface area contributed by atoms with Gasteiger partial charge in [0.15, 0.2) is 0 Å². The quantitative estimate of drug-likeness (QED) is 0.686. The molecule has 0 saturated heterocycles. The molecule has 4 heteroatoms. The second kappa shape index (κ2) is 7.92. The van der Waals surface area contributed by atoms with Crippen molar-refractivity contribution in [1.29, 1.82) is 0 Å². The third-order valence-corrected chi connectivity index (χ3v) is 3.71. The average molecular weight is 335 g/mol. The number of nitrogens with two attached hydrogens (primary N) is 2. The van der Waals surface area contributed by atoms with Gasteiger partial charge < -0.3 is 11.5 Å². The molecule has 3 aromatic carbocycles. The Bertz CT molecular complexity index is 752. The van der Waals surface area contributed by atoms with Gasteiger partial charge in [0, 0.05) is 11.4 Å². The molecule has 0 radical (unpaired) electrons. The molecule has 4 N–H and O–H groups in total. The lowest BCUT2D eigenvalue weighted by Gasteiger charge is -2.09. The van der Waals surface area contributed by atoms with Gasteiger partial charge in [0.2, 0.25) is 0 Å². The molecule has 0 atom stereocenters. The molecular formula is C18H20Cl2N2. The molecule has 0 aliphatic heterocycles. The molecule has 0 unspecified atom stereocenters. The number of hydrogen-bond donors (Lipinski definition) is 2. The maximum absolute atomic E-state index is 6.02. The Morgan fingerprint density at radius 1 is 0.682 bits per heavy atom. The standard InChI is InChI=1S/C18H18N2.2ClH/c19-16-11-10-15(18(20)12-16)9-8-14-6-3-5-13-4-1-2-7-17(13)14;;/h1-7,10-12H,8-9,19-20H2;2*1H. The van der Waals surface area contributed by atoms with Gasteiger partial charge in [-0.25, -0.2) is 0 Å². The van der Waals surface area contributed by atoms with Crippen molar-refractivity contribution in [3.05, 3.63) is 71.8 Å². The summed E-state index contributed by atoms with van der Waals surface area (Å²) < 4.78 is 0. The maximum Gasteiger partial charge on any atom is 0.0367 e. The number of benzene rings is 3. The summed E-state index contributed by atoms with van der Waals surface area (Å²) >= 11 is 0. The van der Waals surface area contributed by atoms with Crippen LogP contribution < -0.4 is 11.5 Å². The Balaban J connectivity index is 0.00000121. The van der Waals surface area contributed by atoms with Crippen molar-refractivity contribution in [1.82, 2.24) is 0 Å². The summed E-state index contributed by atoms with van der Waals surface area (Å²) in [5, 5.41) is 2.61. The largest absolute Gasteiger partial charge is 0.399 e. The second-order valence-corrected chi connectivity index (χ2v) is 5.10. The predicted molar refractivity (Wildman–Crippen MR) is 101 cm³/mol. The topological polar surface area (TPSA) is 52.0 Å². The minimum absolute atomic E-state index is 0. The highest BCUT2D eigenvalue weighted by Crippen LogP contribution is 2.22. The van der Waals surface area contributed by atoms with E-state index >= 15 is 0 Å². The van der Waals surface area contributed by atoms with Crippen molar-refractivity contribution in [2.75, 3.05) is 11.5 Å². The van der Waals surface area contributed by atoms with Crippen LogP contribution in [0, 0.1) is 0 Å². The van der Waals surface area contributed by atoms with Crippen molar-refractivity contribution in [3.63, 3.8) is 0 Å². The average Bonchev–Trinajstić information content (AvgIpc) is 2.46. The Kier molecular flexibility index (Phi) is 6.54. The molecule has 0 bridgehead atoms. The number of anilines is 2. The van der Waals surface area contributed by atoms with E-state index in [1.54, 1.807) is 0 Å². The lowest BCUT2D eigenvalue weighted by molar-refractivity contribution is 0.972. The van der Waals surface area contributed by atoms with Crippen LogP contribution in [0.5, 0.6) is 0 Å². The monoisotopic (exact) mass is 334 g/mol. The molecule has 0 aliphatic rings. The van der Waals surface area contributed by atoms with Gasteiger partial charge in [-0.2, -0.15) is 0 Å². The van der Waals surface area contributed by atoms with Crippen LogP contribution in [0.4, 0.5) is 11.4 Å². The molecule has 116 valence electrons.